The lowest BCUT2D eigenvalue weighted by Gasteiger charge is -2.43. The second-order valence-corrected chi connectivity index (χ2v) is 9.24. The van der Waals surface area contributed by atoms with Crippen molar-refractivity contribution >= 4 is 26.1 Å². The maximum absolute atomic E-state index is 12.8. The molecule has 3 amide bonds. The van der Waals surface area contributed by atoms with Crippen molar-refractivity contribution < 1.29 is 14.4 Å². The Bertz CT molecular complexity index is 442. The fourth-order valence-corrected chi connectivity index (χ4v) is 6.51. The normalized spacial score (nSPS) is 24.4. The molecule has 0 bridgehead atoms. The first-order chi connectivity index (χ1) is 12.2. The van der Waals surface area contributed by atoms with Crippen LogP contribution in [0, 0.1) is 0 Å². The molecular formula is C18H30N3O3P. The molecule has 0 N–H and O–H groups in total. The molecule has 3 aliphatic heterocycles. The molecule has 3 saturated heterocycles. The van der Waals surface area contributed by atoms with Gasteiger partial charge in [-0.25, -0.2) is 0 Å². The highest BCUT2D eigenvalue weighted by Crippen LogP contribution is 2.51. The topological polar surface area (TPSA) is 60.9 Å². The van der Waals surface area contributed by atoms with E-state index in [1.807, 2.05) is 14.0 Å². The summed E-state index contributed by atoms with van der Waals surface area (Å²) in [5, 5.41) is 0. The Morgan fingerprint density at radius 1 is 0.480 bits per heavy atom. The van der Waals surface area contributed by atoms with Crippen molar-refractivity contribution in [2.45, 2.75) is 77.0 Å². The molecule has 140 valence electrons. The van der Waals surface area contributed by atoms with E-state index in [1.165, 1.54) is 0 Å². The van der Waals surface area contributed by atoms with Gasteiger partial charge in [-0.3, -0.25) is 28.4 Å². The predicted molar refractivity (Wildman–Crippen MR) is 97.5 cm³/mol. The van der Waals surface area contributed by atoms with E-state index in [0.717, 1.165) is 57.8 Å². The van der Waals surface area contributed by atoms with Crippen molar-refractivity contribution in [3.8, 4) is 0 Å². The van der Waals surface area contributed by atoms with Crippen LogP contribution >= 0.6 is 8.37 Å². The van der Waals surface area contributed by atoms with Gasteiger partial charge >= 0.3 is 0 Å². The monoisotopic (exact) mass is 367 g/mol. The van der Waals surface area contributed by atoms with Crippen molar-refractivity contribution in [2.75, 3.05) is 19.6 Å². The summed E-state index contributed by atoms with van der Waals surface area (Å²) in [6.45, 7) is 2.04. The molecule has 0 aromatic heterocycles. The number of carbonyl (C=O) groups is 3. The van der Waals surface area contributed by atoms with E-state index in [4.69, 9.17) is 0 Å². The first-order valence-corrected chi connectivity index (χ1v) is 11.1. The van der Waals surface area contributed by atoms with Crippen LogP contribution in [0.4, 0.5) is 0 Å². The first kappa shape index (κ1) is 18.6. The standard InChI is InChI=1S/C18H30N3O3P/c22-16-10-4-1-7-13-19(16)25(20-14-8-2-5-11-17(20)23)21-15-9-3-6-12-18(21)24/h1-15H2. The van der Waals surface area contributed by atoms with Crippen LogP contribution in [0.3, 0.4) is 0 Å². The molecule has 0 radical (unpaired) electrons. The highest BCUT2D eigenvalue weighted by atomic mass is 31.2. The van der Waals surface area contributed by atoms with Gasteiger partial charge in [0.25, 0.3) is 0 Å². The van der Waals surface area contributed by atoms with Crippen LogP contribution in [0.1, 0.15) is 77.0 Å². The summed E-state index contributed by atoms with van der Waals surface area (Å²) in [5.41, 5.74) is 0. The molecular weight excluding hydrogens is 337 g/mol. The number of hydrogen-bond donors (Lipinski definition) is 0. The smallest absolute Gasteiger partial charge is 0.228 e. The third-order valence-electron chi connectivity index (χ3n) is 5.29. The molecule has 0 unspecified atom stereocenters. The summed E-state index contributed by atoms with van der Waals surface area (Å²) in [7, 11) is -1.33. The number of hydrogen-bond acceptors (Lipinski definition) is 3. The van der Waals surface area contributed by atoms with Gasteiger partial charge in [-0.05, 0) is 38.5 Å². The molecule has 25 heavy (non-hydrogen) atoms. The van der Waals surface area contributed by atoms with Crippen molar-refractivity contribution in [1.29, 1.82) is 0 Å². The van der Waals surface area contributed by atoms with Gasteiger partial charge in [0.15, 0.2) is 0 Å². The average Bonchev–Trinajstić information content (AvgIpc) is 3.03. The second-order valence-electron chi connectivity index (χ2n) is 7.25. The lowest BCUT2D eigenvalue weighted by atomic mass is 10.2. The molecule has 6 nitrogen and oxygen atoms in total. The van der Waals surface area contributed by atoms with Crippen molar-refractivity contribution in [1.82, 2.24) is 14.0 Å². The largest absolute Gasteiger partial charge is 0.287 e. The van der Waals surface area contributed by atoms with Gasteiger partial charge in [0.05, 0.1) is 0 Å². The molecule has 3 aliphatic rings. The summed E-state index contributed by atoms with van der Waals surface area (Å²) in [4.78, 5) is 38.4. The first-order valence-electron chi connectivity index (χ1n) is 9.89. The maximum Gasteiger partial charge on any atom is 0.228 e. The van der Waals surface area contributed by atoms with E-state index in [2.05, 4.69) is 0 Å². The summed E-state index contributed by atoms with van der Waals surface area (Å²) in [6.07, 6.45) is 10.4. The minimum atomic E-state index is -1.33. The zero-order valence-corrected chi connectivity index (χ0v) is 16.0. The van der Waals surface area contributed by atoms with Gasteiger partial charge in [0.1, 0.15) is 0 Å². The summed E-state index contributed by atoms with van der Waals surface area (Å²) < 4.78 is 5.69. The Hall–Kier alpha value is -1.16. The van der Waals surface area contributed by atoms with Crippen molar-refractivity contribution in [3.05, 3.63) is 0 Å². The van der Waals surface area contributed by atoms with E-state index in [0.29, 0.717) is 38.9 Å². The van der Waals surface area contributed by atoms with Crippen LogP contribution in [0.2, 0.25) is 0 Å². The molecule has 0 aromatic rings. The minimum absolute atomic E-state index is 0.123. The van der Waals surface area contributed by atoms with Crippen LogP contribution < -0.4 is 0 Å². The van der Waals surface area contributed by atoms with Crippen LogP contribution in [0.5, 0.6) is 0 Å². The van der Waals surface area contributed by atoms with Crippen LogP contribution in [-0.2, 0) is 14.4 Å². The maximum atomic E-state index is 12.8. The predicted octanol–water partition coefficient (Wildman–Crippen LogP) is 3.42. The molecule has 0 atom stereocenters. The van der Waals surface area contributed by atoms with Gasteiger partial charge in [0, 0.05) is 38.9 Å². The lowest BCUT2D eigenvalue weighted by Crippen LogP contribution is -2.44. The molecule has 3 rings (SSSR count). The highest BCUT2D eigenvalue weighted by Gasteiger charge is 2.40. The van der Waals surface area contributed by atoms with Crippen LogP contribution in [0.25, 0.3) is 0 Å². The zero-order chi connectivity index (χ0) is 17.6. The third-order valence-corrected chi connectivity index (χ3v) is 7.86. The number of nitrogens with zero attached hydrogens (tertiary/aromatic N) is 3. The van der Waals surface area contributed by atoms with Gasteiger partial charge in [0.2, 0.25) is 26.1 Å². The quantitative estimate of drug-likeness (QED) is 0.718. The second kappa shape index (κ2) is 8.98. The third kappa shape index (κ3) is 4.52. The fraction of sp³-hybridized carbons (Fsp3) is 0.833. The Morgan fingerprint density at radius 3 is 1.12 bits per heavy atom. The molecule has 0 aliphatic carbocycles. The average molecular weight is 367 g/mol. The Balaban J connectivity index is 1.92. The summed E-state index contributed by atoms with van der Waals surface area (Å²) in [5.74, 6) is 0.369. The Kier molecular flexibility index (Phi) is 6.69. The van der Waals surface area contributed by atoms with E-state index < -0.39 is 8.37 Å². The van der Waals surface area contributed by atoms with Crippen LogP contribution in [0.15, 0.2) is 0 Å². The number of amides is 3. The number of rotatable bonds is 3. The highest BCUT2D eigenvalue weighted by molar-refractivity contribution is 7.52. The molecule has 0 spiro atoms. The summed E-state index contributed by atoms with van der Waals surface area (Å²) >= 11 is 0. The van der Waals surface area contributed by atoms with Gasteiger partial charge in [-0.1, -0.05) is 19.3 Å². The van der Waals surface area contributed by atoms with E-state index in [9.17, 15) is 14.4 Å². The lowest BCUT2D eigenvalue weighted by molar-refractivity contribution is -0.129. The van der Waals surface area contributed by atoms with Gasteiger partial charge in [-0.15, -0.1) is 0 Å². The SMILES string of the molecule is O=C1CCCCCN1P(N1CCCCCC1=O)N1CCCCCC1=O. The van der Waals surface area contributed by atoms with Crippen molar-refractivity contribution in [3.63, 3.8) is 0 Å². The van der Waals surface area contributed by atoms with E-state index >= 15 is 0 Å². The van der Waals surface area contributed by atoms with E-state index in [1.54, 1.807) is 0 Å². The Morgan fingerprint density at radius 2 is 0.800 bits per heavy atom. The molecule has 7 heteroatoms. The minimum Gasteiger partial charge on any atom is -0.287 e. The van der Waals surface area contributed by atoms with Crippen LogP contribution in [-0.4, -0.2) is 51.4 Å². The molecule has 0 saturated carbocycles. The fourth-order valence-electron chi connectivity index (χ4n) is 3.86. The number of carbonyl (C=O) groups excluding carboxylic acids is 3. The van der Waals surface area contributed by atoms with Gasteiger partial charge < -0.3 is 0 Å². The zero-order valence-electron chi connectivity index (χ0n) is 15.1. The molecule has 0 aromatic carbocycles. The van der Waals surface area contributed by atoms with Gasteiger partial charge in [-0.2, -0.15) is 0 Å². The summed E-state index contributed by atoms with van der Waals surface area (Å²) in [6, 6.07) is 0. The van der Waals surface area contributed by atoms with Crippen molar-refractivity contribution in [2.24, 2.45) is 0 Å². The Labute approximate surface area is 151 Å². The molecule has 3 fully saturated rings. The van der Waals surface area contributed by atoms with E-state index in [-0.39, 0.29) is 17.7 Å². The molecule has 3 heterocycles.